The first-order valence-electron chi connectivity index (χ1n) is 13.7. The van der Waals surface area contributed by atoms with E-state index in [2.05, 4.69) is 34.1 Å². The molecule has 38 heavy (non-hydrogen) atoms. The number of ether oxygens (including phenoxy) is 1. The van der Waals surface area contributed by atoms with Crippen molar-refractivity contribution in [2.75, 3.05) is 49.3 Å². The van der Waals surface area contributed by atoms with Crippen LogP contribution in [0.2, 0.25) is 0 Å². The van der Waals surface area contributed by atoms with E-state index in [1.165, 1.54) is 5.56 Å². The Kier molecular flexibility index (Phi) is 8.29. The van der Waals surface area contributed by atoms with Gasteiger partial charge in [0.1, 0.15) is 5.82 Å². The summed E-state index contributed by atoms with van der Waals surface area (Å²) in [6.07, 6.45) is 3.72. The lowest BCUT2D eigenvalue weighted by atomic mass is 9.98. The van der Waals surface area contributed by atoms with E-state index in [1.54, 1.807) is 28.4 Å². The van der Waals surface area contributed by atoms with Crippen molar-refractivity contribution >= 4 is 44.7 Å². The summed E-state index contributed by atoms with van der Waals surface area (Å²) in [5.41, 5.74) is 4.15. The number of hydrogen-bond donors (Lipinski definition) is 0. The molecule has 1 atom stereocenters. The maximum absolute atomic E-state index is 14.2. The van der Waals surface area contributed by atoms with Crippen LogP contribution in [0.5, 0.6) is 0 Å². The molecule has 1 unspecified atom stereocenters. The quantitative estimate of drug-likeness (QED) is 0.332. The molecule has 1 fully saturated rings. The second-order valence-corrected chi connectivity index (χ2v) is 11.4. The van der Waals surface area contributed by atoms with Gasteiger partial charge in [-0.15, -0.1) is 11.3 Å². The van der Waals surface area contributed by atoms with Crippen molar-refractivity contribution in [2.45, 2.75) is 46.0 Å². The second-order valence-electron chi connectivity index (χ2n) is 10.4. The van der Waals surface area contributed by atoms with E-state index in [4.69, 9.17) is 4.74 Å². The largest absolute Gasteiger partial charge is 0.444 e. The topological polar surface area (TPSA) is 53.1 Å². The number of halogens is 1. The number of carbonyl (C=O) groups excluding carboxylic acids is 2. The summed E-state index contributed by atoms with van der Waals surface area (Å²) < 4.78 is 20.7. The van der Waals surface area contributed by atoms with E-state index >= 15 is 0 Å². The fraction of sp³-hybridized carbons (Fsp3) is 0.467. The van der Waals surface area contributed by atoms with Crippen molar-refractivity contribution < 1.29 is 18.7 Å². The number of fused-ring (bicyclic) bond motifs is 2. The van der Waals surface area contributed by atoms with Crippen molar-refractivity contribution in [1.82, 2.24) is 4.90 Å². The number of piperazine rings is 1. The third-order valence-electron chi connectivity index (χ3n) is 7.75. The maximum Gasteiger partial charge on any atom is 0.310 e. The molecule has 2 aliphatic heterocycles. The Labute approximate surface area is 228 Å². The minimum Gasteiger partial charge on any atom is -0.444 e. The van der Waals surface area contributed by atoms with E-state index < -0.39 is 0 Å². The molecule has 5 rings (SSSR count). The average molecular weight is 538 g/mol. The molecular weight excluding hydrogens is 501 g/mol. The molecule has 3 aromatic rings. The molecule has 2 aromatic carbocycles. The van der Waals surface area contributed by atoms with Gasteiger partial charge in [0.25, 0.3) is 0 Å². The van der Waals surface area contributed by atoms with Crippen LogP contribution in [0.3, 0.4) is 0 Å². The van der Waals surface area contributed by atoms with Crippen LogP contribution in [-0.2, 0) is 27.2 Å². The van der Waals surface area contributed by atoms with Gasteiger partial charge < -0.3 is 9.64 Å². The lowest BCUT2D eigenvalue weighted by Gasteiger charge is -2.36. The number of esters is 1. The van der Waals surface area contributed by atoms with Gasteiger partial charge in [0.05, 0.1) is 11.6 Å². The molecule has 0 N–H and O–H groups in total. The van der Waals surface area contributed by atoms with Gasteiger partial charge in [0.2, 0.25) is 5.91 Å². The number of rotatable bonds is 9. The summed E-state index contributed by atoms with van der Waals surface area (Å²) in [5, 5.41) is 3.15. The first-order valence-corrected chi connectivity index (χ1v) is 14.5. The molecule has 0 saturated carbocycles. The molecule has 3 heterocycles. The van der Waals surface area contributed by atoms with Gasteiger partial charge >= 0.3 is 5.97 Å². The van der Waals surface area contributed by atoms with E-state index in [1.807, 2.05) is 19.2 Å². The van der Waals surface area contributed by atoms with Crippen LogP contribution in [-0.4, -0.2) is 56.2 Å². The Morgan fingerprint density at radius 2 is 1.89 bits per heavy atom. The van der Waals surface area contributed by atoms with Gasteiger partial charge in [-0.1, -0.05) is 32.4 Å². The number of aryl methyl sites for hydroxylation is 1. The molecule has 202 valence electrons. The first-order chi connectivity index (χ1) is 18.4. The normalized spacial score (nSPS) is 17.1. The molecule has 0 aliphatic carbocycles. The molecule has 0 radical (unpaired) electrons. The van der Waals surface area contributed by atoms with Gasteiger partial charge in [-0.25, -0.2) is 4.39 Å². The summed E-state index contributed by atoms with van der Waals surface area (Å²) in [6, 6.07) is 11.7. The molecule has 8 heteroatoms. The van der Waals surface area contributed by atoms with E-state index in [-0.39, 0.29) is 30.3 Å². The van der Waals surface area contributed by atoms with Gasteiger partial charge in [0, 0.05) is 54.9 Å². The summed E-state index contributed by atoms with van der Waals surface area (Å²) >= 11 is 1.58. The standard InChI is InChI=1S/C30H36FN3O3S/c1-3-4-21(2)30(36)37-20-34-26-17-22(5-6-23(26)7-8-29(34)35)9-11-32-12-14-33(15-13-32)27-18-24(31)19-28-25(27)10-16-38-28/h5-6,10,16-19,21H,3-4,7-9,11-15,20H2,1-2H3. The molecule has 1 saturated heterocycles. The zero-order valence-electron chi connectivity index (χ0n) is 22.2. The molecule has 1 amide bonds. The molecule has 0 spiro atoms. The number of amides is 1. The monoisotopic (exact) mass is 537 g/mol. The fourth-order valence-corrected chi connectivity index (χ4v) is 6.31. The van der Waals surface area contributed by atoms with Gasteiger partial charge in [0.15, 0.2) is 6.73 Å². The lowest BCUT2D eigenvalue weighted by Crippen LogP contribution is -2.47. The van der Waals surface area contributed by atoms with Gasteiger partial charge in [-0.3, -0.25) is 19.4 Å². The third-order valence-corrected chi connectivity index (χ3v) is 8.62. The minimum absolute atomic E-state index is 0.00112. The number of thiophene rings is 1. The predicted octanol–water partition coefficient (Wildman–Crippen LogP) is 5.62. The fourth-order valence-electron chi connectivity index (χ4n) is 5.48. The van der Waals surface area contributed by atoms with Gasteiger partial charge in [-0.2, -0.15) is 0 Å². The van der Waals surface area contributed by atoms with Crippen molar-refractivity contribution in [3.05, 3.63) is 58.7 Å². The Bertz CT molecular complexity index is 1300. The first kappa shape index (κ1) is 26.6. The zero-order chi connectivity index (χ0) is 26.6. The highest BCUT2D eigenvalue weighted by molar-refractivity contribution is 7.17. The smallest absolute Gasteiger partial charge is 0.310 e. The number of carbonyl (C=O) groups is 2. The minimum atomic E-state index is -0.250. The highest BCUT2D eigenvalue weighted by Crippen LogP contribution is 2.33. The number of benzene rings is 2. The lowest BCUT2D eigenvalue weighted by molar-refractivity contribution is -0.148. The average Bonchev–Trinajstić information content (AvgIpc) is 3.39. The van der Waals surface area contributed by atoms with Crippen LogP contribution >= 0.6 is 11.3 Å². The Hall–Kier alpha value is -2.97. The molecule has 1 aromatic heterocycles. The van der Waals surface area contributed by atoms with Crippen molar-refractivity contribution in [2.24, 2.45) is 5.92 Å². The summed E-state index contributed by atoms with van der Waals surface area (Å²) in [7, 11) is 0. The van der Waals surface area contributed by atoms with Crippen LogP contribution in [0.4, 0.5) is 15.8 Å². The van der Waals surface area contributed by atoms with Crippen molar-refractivity contribution in [3.63, 3.8) is 0 Å². The summed E-state index contributed by atoms with van der Waals surface area (Å²) in [5.74, 6) is -0.593. The number of anilines is 2. The van der Waals surface area contributed by atoms with Crippen LogP contribution in [0.1, 0.15) is 44.2 Å². The highest BCUT2D eigenvalue weighted by Gasteiger charge is 2.26. The van der Waals surface area contributed by atoms with E-state index in [9.17, 15) is 14.0 Å². The van der Waals surface area contributed by atoms with Crippen LogP contribution in [0.15, 0.2) is 41.8 Å². The SMILES string of the molecule is CCCC(C)C(=O)OCN1C(=O)CCc2ccc(CCN3CCN(c4cc(F)cc5sccc45)CC3)cc21. The third kappa shape index (κ3) is 5.86. The maximum atomic E-state index is 14.2. The Morgan fingerprint density at radius 1 is 1.08 bits per heavy atom. The molecular formula is C30H36FN3O3S. The van der Waals surface area contributed by atoms with E-state index in [0.717, 1.165) is 79.0 Å². The van der Waals surface area contributed by atoms with Crippen LogP contribution < -0.4 is 9.80 Å². The summed E-state index contributed by atoms with van der Waals surface area (Å²) in [6.45, 7) is 8.37. The van der Waals surface area contributed by atoms with Crippen LogP contribution in [0, 0.1) is 11.7 Å². The Balaban J connectivity index is 1.18. The highest BCUT2D eigenvalue weighted by atomic mass is 32.1. The van der Waals surface area contributed by atoms with Crippen molar-refractivity contribution in [1.29, 1.82) is 0 Å². The second kappa shape index (κ2) is 11.8. The molecule has 6 nitrogen and oxygen atoms in total. The van der Waals surface area contributed by atoms with E-state index in [0.29, 0.717) is 12.8 Å². The Morgan fingerprint density at radius 3 is 2.68 bits per heavy atom. The summed E-state index contributed by atoms with van der Waals surface area (Å²) in [4.78, 5) is 31.4. The number of hydrogen-bond acceptors (Lipinski definition) is 6. The van der Waals surface area contributed by atoms with Gasteiger partial charge in [-0.05, 0) is 60.0 Å². The number of nitrogens with zero attached hydrogens (tertiary/aromatic N) is 3. The van der Waals surface area contributed by atoms with Crippen molar-refractivity contribution in [3.8, 4) is 0 Å². The molecule has 0 bridgehead atoms. The predicted molar refractivity (Wildman–Crippen MR) is 151 cm³/mol. The van der Waals surface area contributed by atoms with Crippen LogP contribution in [0.25, 0.3) is 10.1 Å². The zero-order valence-corrected chi connectivity index (χ0v) is 23.1. The molecule has 2 aliphatic rings.